The second-order valence-corrected chi connectivity index (χ2v) is 11.9. The predicted molar refractivity (Wildman–Crippen MR) is 166 cm³/mol. The fourth-order valence-corrected chi connectivity index (χ4v) is 7.21. The number of hydrogen-bond acceptors (Lipinski definition) is 5. The van der Waals surface area contributed by atoms with Gasteiger partial charge in [-0.3, -0.25) is 14.4 Å². The summed E-state index contributed by atoms with van der Waals surface area (Å²) in [6.45, 7) is 5.86. The maximum absolute atomic E-state index is 14.9. The number of carbonyl (C=O) groups excluding carboxylic acids is 3. The number of anilines is 1. The summed E-state index contributed by atoms with van der Waals surface area (Å²) in [5, 5.41) is 3.09. The number of rotatable bonds is 6. The van der Waals surface area contributed by atoms with E-state index in [2.05, 4.69) is 5.32 Å². The summed E-state index contributed by atoms with van der Waals surface area (Å²) in [7, 11) is 0. The third kappa shape index (κ3) is 4.04. The second kappa shape index (κ2) is 10.1. The van der Waals surface area contributed by atoms with E-state index in [4.69, 9.17) is 4.74 Å². The van der Waals surface area contributed by atoms with Gasteiger partial charge in [0.2, 0.25) is 5.91 Å². The lowest BCUT2D eigenvalue weighted by molar-refractivity contribution is -0.122. The normalized spacial score (nSPS) is 23.1. The van der Waals surface area contributed by atoms with Crippen molar-refractivity contribution < 1.29 is 19.1 Å². The van der Waals surface area contributed by atoms with Crippen LogP contribution in [0.1, 0.15) is 62.9 Å². The van der Waals surface area contributed by atoms with Crippen LogP contribution in [0.4, 0.5) is 5.69 Å². The van der Waals surface area contributed by atoms with Crippen molar-refractivity contribution in [2.45, 2.75) is 44.4 Å². The zero-order valence-corrected chi connectivity index (χ0v) is 24.3. The van der Waals surface area contributed by atoms with E-state index in [9.17, 15) is 14.4 Å². The molecule has 0 aromatic heterocycles. The molecule has 1 N–H and O–H groups in total. The molecule has 1 spiro atoms. The average Bonchev–Trinajstić information content (AvgIpc) is 3.49. The number of Topliss-reactive ketones (excluding diaryl/α,β-unsaturated/α-hetero) is 2. The van der Waals surface area contributed by atoms with E-state index in [1.807, 2.05) is 111 Å². The molecule has 43 heavy (non-hydrogen) atoms. The molecule has 3 heterocycles. The van der Waals surface area contributed by atoms with E-state index < -0.39 is 23.4 Å². The Morgan fingerprint density at radius 1 is 0.837 bits per heavy atom. The Labute approximate surface area is 251 Å². The van der Waals surface area contributed by atoms with Crippen LogP contribution in [0.5, 0.6) is 5.75 Å². The number of nitrogens with one attached hydrogen (secondary N) is 1. The quantitative estimate of drug-likeness (QED) is 0.260. The highest BCUT2D eigenvalue weighted by molar-refractivity contribution is 6.16. The number of carbonyl (C=O) groups is 3. The molecule has 214 valence electrons. The van der Waals surface area contributed by atoms with Crippen molar-refractivity contribution in [2.75, 3.05) is 5.32 Å². The molecule has 1 fully saturated rings. The monoisotopic (exact) mass is 568 g/mol. The number of ketones is 2. The third-order valence-electron chi connectivity index (χ3n) is 8.97. The minimum Gasteiger partial charge on any atom is -0.491 e. The standard InChI is InChI=1S/C37H32N2O4/c1-22(2)43-27-18-16-25(17-19-27)33(40)31-32(34(41)26-14-12-23(3)13-15-26)39-21-20-24-8-4-5-9-28(24)35(39)37(31)29-10-6-7-11-30(29)38-36(37)42/h4-22,31-32,35H,1-3H3,(H,38,42)/t31-,32-,35+,37+/m0/s1. The maximum atomic E-state index is 14.9. The molecule has 0 aliphatic carbocycles. The Bertz CT molecular complexity index is 1790. The Kier molecular flexibility index (Phi) is 6.31. The zero-order chi connectivity index (χ0) is 29.9. The highest BCUT2D eigenvalue weighted by Gasteiger charge is 2.70. The average molecular weight is 569 g/mol. The summed E-state index contributed by atoms with van der Waals surface area (Å²) in [5.41, 5.74) is 3.88. The highest BCUT2D eigenvalue weighted by atomic mass is 16.5. The van der Waals surface area contributed by atoms with Gasteiger partial charge in [-0.15, -0.1) is 0 Å². The summed E-state index contributed by atoms with van der Waals surface area (Å²) in [6.07, 6.45) is 3.85. The molecule has 7 rings (SSSR count). The van der Waals surface area contributed by atoms with Gasteiger partial charge in [0, 0.05) is 23.0 Å². The molecular formula is C37H32N2O4. The summed E-state index contributed by atoms with van der Waals surface area (Å²) >= 11 is 0. The molecule has 3 aliphatic heterocycles. The first kappa shape index (κ1) is 26.9. The van der Waals surface area contributed by atoms with Crippen LogP contribution in [0.2, 0.25) is 0 Å². The van der Waals surface area contributed by atoms with Crippen LogP contribution in [0.25, 0.3) is 6.08 Å². The predicted octanol–water partition coefficient (Wildman–Crippen LogP) is 6.76. The molecule has 4 atom stereocenters. The van der Waals surface area contributed by atoms with Gasteiger partial charge in [-0.25, -0.2) is 0 Å². The molecule has 6 nitrogen and oxygen atoms in total. The Morgan fingerprint density at radius 3 is 2.23 bits per heavy atom. The zero-order valence-electron chi connectivity index (χ0n) is 24.3. The van der Waals surface area contributed by atoms with Crippen LogP contribution in [-0.2, 0) is 10.2 Å². The lowest BCUT2D eigenvalue weighted by Crippen LogP contribution is -2.49. The van der Waals surface area contributed by atoms with Gasteiger partial charge in [0.05, 0.1) is 18.1 Å². The topological polar surface area (TPSA) is 75.7 Å². The van der Waals surface area contributed by atoms with E-state index in [-0.39, 0.29) is 23.6 Å². The lowest BCUT2D eigenvalue weighted by atomic mass is 9.62. The van der Waals surface area contributed by atoms with Crippen molar-refractivity contribution >= 4 is 29.2 Å². The van der Waals surface area contributed by atoms with E-state index in [0.717, 1.165) is 22.3 Å². The lowest BCUT2D eigenvalue weighted by Gasteiger charge is -2.38. The van der Waals surface area contributed by atoms with Crippen LogP contribution in [0, 0.1) is 12.8 Å². The Balaban J connectivity index is 1.48. The molecule has 1 saturated heterocycles. The fourth-order valence-electron chi connectivity index (χ4n) is 7.21. The number of ether oxygens (including phenoxy) is 1. The maximum Gasteiger partial charge on any atom is 0.238 e. The second-order valence-electron chi connectivity index (χ2n) is 11.9. The molecule has 1 amide bonds. The van der Waals surface area contributed by atoms with Crippen LogP contribution in [0.15, 0.2) is 103 Å². The summed E-state index contributed by atoms with van der Waals surface area (Å²) < 4.78 is 5.83. The van der Waals surface area contributed by atoms with Crippen molar-refractivity contribution in [1.29, 1.82) is 0 Å². The first-order chi connectivity index (χ1) is 20.8. The van der Waals surface area contributed by atoms with Gasteiger partial charge < -0.3 is 15.0 Å². The van der Waals surface area contributed by atoms with Gasteiger partial charge in [-0.1, -0.05) is 72.3 Å². The molecule has 0 unspecified atom stereocenters. The third-order valence-corrected chi connectivity index (χ3v) is 8.97. The first-order valence-electron chi connectivity index (χ1n) is 14.7. The molecule has 4 aromatic carbocycles. The van der Waals surface area contributed by atoms with Crippen molar-refractivity contribution in [1.82, 2.24) is 4.90 Å². The summed E-state index contributed by atoms with van der Waals surface area (Å²) in [5.74, 6) is -1.08. The van der Waals surface area contributed by atoms with E-state index in [0.29, 0.717) is 22.6 Å². The van der Waals surface area contributed by atoms with Crippen LogP contribution < -0.4 is 10.1 Å². The Hall–Kier alpha value is -4.97. The number of nitrogens with zero attached hydrogens (tertiary/aromatic N) is 1. The molecule has 0 bridgehead atoms. The SMILES string of the molecule is Cc1ccc(C(=O)[C@@H]2[C@@H](C(=O)c3ccc(OC(C)C)cc3)[C@@]3(C(=O)Nc4ccccc43)[C@H]3c4ccccc4C=CN23)cc1. The van der Waals surface area contributed by atoms with Gasteiger partial charge in [0.15, 0.2) is 11.6 Å². The van der Waals surface area contributed by atoms with Gasteiger partial charge in [-0.2, -0.15) is 0 Å². The van der Waals surface area contributed by atoms with Crippen LogP contribution >= 0.6 is 0 Å². The van der Waals surface area contributed by atoms with Gasteiger partial charge >= 0.3 is 0 Å². The summed E-state index contributed by atoms with van der Waals surface area (Å²) in [6, 6.07) is 28.4. The van der Waals surface area contributed by atoms with Crippen LogP contribution in [-0.4, -0.2) is 34.5 Å². The number of para-hydroxylation sites is 1. The number of fused-ring (bicyclic) bond motifs is 6. The van der Waals surface area contributed by atoms with Crippen molar-refractivity contribution in [3.05, 3.63) is 137 Å². The van der Waals surface area contributed by atoms with Gasteiger partial charge in [-0.05, 0) is 73.9 Å². The molecule has 0 radical (unpaired) electrons. The number of amides is 1. The van der Waals surface area contributed by atoms with Crippen molar-refractivity contribution in [3.8, 4) is 5.75 Å². The molecule has 4 aromatic rings. The number of aryl methyl sites for hydroxylation is 1. The minimum absolute atomic E-state index is 0.0161. The van der Waals surface area contributed by atoms with E-state index in [1.165, 1.54) is 0 Å². The minimum atomic E-state index is -1.35. The highest BCUT2D eigenvalue weighted by Crippen LogP contribution is 2.62. The molecule has 3 aliphatic rings. The largest absolute Gasteiger partial charge is 0.491 e. The van der Waals surface area contributed by atoms with Gasteiger partial charge in [0.25, 0.3) is 0 Å². The molecule has 6 heteroatoms. The first-order valence-corrected chi connectivity index (χ1v) is 14.7. The molecular weight excluding hydrogens is 536 g/mol. The van der Waals surface area contributed by atoms with Crippen molar-refractivity contribution in [2.24, 2.45) is 5.92 Å². The molecule has 0 saturated carbocycles. The van der Waals surface area contributed by atoms with Crippen molar-refractivity contribution in [3.63, 3.8) is 0 Å². The van der Waals surface area contributed by atoms with Crippen LogP contribution in [0.3, 0.4) is 0 Å². The van der Waals surface area contributed by atoms with Gasteiger partial charge in [0.1, 0.15) is 17.2 Å². The number of hydrogen-bond donors (Lipinski definition) is 1. The Morgan fingerprint density at radius 2 is 1.49 bits per heavy atom. The smallest absolute Gasteiger partial charge is 0.238 e. The fraction of sp³-hybridized carbons (Fsp3) is 0.216. The summed E-state index contributed by atoms with van der Waals surface area (Å²) in [4.78, 5) is 46.1. The van der Waals surface area contributed by atoms with E-state index >= 15 is 0 Å². The number of benzene rings is 4. The van der Waals surface area contributed by atoms with E-state index in [1.54, 1.807) is 24.3 Å².